The predicted molar refractivity (Wildman–Crippen MR) is 104 cm³/mol. The Labute approximate surface area is 159 Å². The maximum absolute atomic E-state index is 12.2. The van der Waals surface area contributed by atoms with Crippen molar-refractivity contribution in [1.29, 1.82) is 0 Å². The fraction of sp³-hybridized carbons (Fsp3) is 0.294. The van der Waals surface area contributed by atoms with Crippen molar-refractivity contribution in [2.24, 2.45) is 0 Å². The highest BCUT2D eigenvalue weighted by molar-refractivity contribution is 7.90. The van der Waals surface area contributed by atoms with Crippen LogP contribution < -0.4 is 15.5 Å². The van der Waals surface area contributed by atoms with Crippen LogP contribution in [0.3, 0.4) is 0 Å². The number of nitrogens with zero attached hydrogens (tertiary/aromatic N) is 2. The molecule has 1 aromatic heterocycles. The van der Waals surface area contributed by atoms with E-state index in [1.54, 1.807) is 12.3 Å². The molecular weight excluding hydrogens is 376 g/mol. The molecule has 2 heterocycles. The molecule has 0 bridgehead atoms. The number of rotatable bonds is 4. The van der Waals surface area contributed by atoms with Crippen molar-refractivity contribution in [3.8, 4) is 0 Å². The van der Waals surface area contributed by atoms with Gasteiger partial charge in [-0.3, -0.25) is 4.79 Å². The number of halogens is 1. The van der Waals surface area contributed by atoms with Gasteiger partial charge in [-0.1, -0.05) is 0 Å². The number of carbonyl (C=O) groups is 1. The summed E-state index contributed by atoms with van der Waals surface area (Å²) in [6.45, 7) is 3.75. The highest BCUT2D eigenvalue weighted by Gasteiger charge is 2.12. The van der Waals surface area contributed by atoms with E-state index in [0.717, 1.165) is 38.1 Å². The van der Waals surface area contributed by atoms with Crippen LogP contribution in [-0.4, -0.2) is 51.7 Å². The Morgan fingerprint density at radius 1 is 1.12 bits per heavy atom. The smallest absolute Gasteiger partial charge is 0.256 e. The Hall–Kier alpha value is -2.16. The van der Waals surface area contributed by atoms with Gasteiger partial charge in [0.25, 0.3) is 5.91 Å². The van der Waals surface area contributed by atoms with E-state index in [0.29, 0.717) is 11.4 Å². The summed E-state index contributed by atoms with van der Waals surface area (Å²) in [4.78, 5) is 18.9. The Bertz CT molecular complexity index is 849. The first-order valence-electron chi connectivity index (χ1n) is 7.97. The van der Waals surface area contributed by atoms with E-state index < -0.39 is 9.84 Å². The molecule has 0 spiro atoms. The Balaban J connectivity index is 0.00000243. The van der Waals surface area contributed by atoms with E-state index >= 15 is 0 Å². The second kappa shape index (κ2) is 8.48. The summed E-state index contributed by atoms with van der Waals surface area (Å²) in [5.74, 6) is 0.124. The Kier molecular flexibility index (Phi) is 6.57. The van der Waals surface area contributed by atoms with Gasteiger partial charge in [0, 0.05) is 38.0 Å². The number of pyridine rings is 1. The standard InChI is InChI=1S/C17H20N4O3S.ClH/c1-25(23,24)15-5-2-13(3-6-15)17(22)20-16-7-4-14(12-19-16)21-10-8-18-9-11-21;/h2-7,12,18H,8-11H2,1H3,(H,19,20,22);1H. The molecular formula is C17H21ClN4O3S. The number of carbonyl (C=O) groups excluding carboxylic acids is 1. The van der Waals surface area contributed by atoms with Crippen LogP contribution in [0.5, 0.6) is 0 Å². The number of hydrogen-bond acceptors (Lipinski definition) is 6. The lowest BCUT2D eigenvalue weighted by Gasteiger charge is -2.29. The molecule has 2 N–H and O–H groups in total. The minimum atomic E-state index is -3.27. The molecule has 0 atom stereocenters. The monoisotopic (exact) mass is 396 g/mol. The lowest BCUT2D eigenvalue weighted by atomic mass is 10.2. The van der Waals surface area contributed by atoms with E-state index in [2.05, 4.69) is 20.5 Å². The topological polar surface area (TPSA) is 91.4 Å². The van der Waals surface area contributed by atoms with Gasteiger partial charge in [-0.25, -0.2) is 13.4 Å². The van der Waals surface area contributed by atoms with Crippen LogP contribution in [0.25, 0.3) is 0 Å². The molecule has 0 radical (unpaired) electrons. The molecule has 0 aliphatic carbocycles. The van der Waals surface area contributed by atoms with Crippen molar-refractivity contribution in [1.82, 2.24) is 10.3 Å². The number of aromatic nitrogens is 1. The van der Waals surface area contributed by atoms with E-state index in [9.17, 15) is 13.2 Å². The maximum atomic E-state index is 12.2. The molecule has 1 aliphatic rings. The quantitative estimate of drug-likeness (QED) is 0.815. The summed E-state index contributed by atoms with van der Waals surface area (Å²) < 4.78 is 22.9. The molecule has 1 saturated heterocycles. The van der Waals surface area contributed by atoms with Crippen LogP contribution >= 0.6 is 12.4 Å². The molecule has 3 rings (SSSR count). The van der Waals surface area contributed by atoms with Crippen LogP contribution in [0.15, 0.2) is 47.5 Å². The fourth-order valence-corrected chi connectivity index (χ4v) is 3.24. The summed E-state index contributed by atoms with van der Waals surface area (Å²) in [7, 11) is -3.27. The number of nitrogens with one attached hydrogen (secondary N) is 2. The lowest BCUT2D eigenvalue weighted by molar-refractivity contribution is 0.102. The predicted octanol–water partition coefficient (Wildman–Crippen LogP) is 1.57. The van der Waals surface area contributed by atoms with Crippen LogP contribution in [0.2, 0.25) is 0 Å². The van der Waals surface area contributed by atoms with Gasteiger partial charge in [0.15, 0.2) is 9.84 Å². The maximum Gasteiger partial charge on any atom is 0.256 e. The summed E-state index contributed by atoms with van der Waals surface area (Å²) in [6.07, 6.45) is 2.87. The molecule has 9 heteroatoms. The van der Waals surface area contributed by atoms with Crippen molar-refractivity contribution in [2.45, 2.75) is 4.90 Å². The summed E-state index contributed by atoms with van der Waals surface area (Å²) in [6, 6.07) is 9.51. The van der Waals surface area contributed by atoms with E-state index in [-0.39, 0.29) is 23.2 Å². The number of hydrogen-bond donors (Lipinski definition) is 2. The molecule has 2 aromatic rings. The zero-order chi connectivity index (χ0) is 17.9. The highest BCUT2D eigenvalue weighted by Crippen LogP contribution is 2.17. The van der Waals surface area contributed by atoms with Crippen molar-refractivity contribution >= 4 is 39.7 Å². The van der Waals surface area contributed by atoms with Crippen LogP contribution in [0.1, 0.15) is 10.4 Å². The van der Waals surface area contributed by atoms with Crippen LogP contribution in [-0.2, 0) is 9.84 Å². The number of piperazine rings is 1. The molecule has 0 unspecified atom stereocenters. The summed E-state index contributed by atoms with van der Waals surface area (Å²) in [5, 5.41) is 6.01. The third-order valence-corrected chi connectivity index (χ3v) is 5.14. The average Bonchev–Trinajstić information content (AvgIpc) is 2.62. The first-order chi connectivity index (χ1) is 11.9. The minimum absolute atomic E-state index is 0. The molecule has 1 amide bonds. The fourth-order valence-electron chi connectivity index (χ4n) is 2.61. The van der Waals surface area contributed by atoms with Gasteiger partial charge in [-0.05, 0) is 36.4 Å². The SMILES string of the molecule is CS(=O)(=O)c1ccc(C(=O)Nc2ccc(N3CCNCC3)cn2)cc1.Cl. The van der Waals surface area contributed by atoms with Gasteiger partial charge in [-0.15, -0.1) is 12.4 Å². The Morgan fingerprint density at radius 3 is 2.31 bits per heavy atom. The second-order valence-electron chi connectivity index (χ2n) is 5.89. The number of amides is 1. The third-order valence-electron chi connectivity index (χ3n) is 4.02. The average molecular weight is 397 g/mol. The second-order valence-corrected chi connectivity index (χ2v) is 7.91. The van der Waals surface area contributed by atoms with Crippen LogP contribution in [0.4, 0.5) is 11.5 Å². The number of sulfone groups is 1. The number of anilines is 2. The molecule has 26 heavy (non-hydrogen) atoms. The van der Waals surface area contributed by atoms with Gasteiger partial charge in [0.2, 0.25) is 0 Å². The van der Waals surface area contributed by atoms with E-state index in [4.69, 9.17) is 0 Å². The molecule has 1 fully saturated rings. The largest absolute Gasteiger partial charge is 0.368 e. The zero-order valence-electron chi connectivity index (χ0n) is 14.3. The normalized spacial score (nSPS) is 14.4. The van der Waals surface area contributed by atoms with Crippen molar-refractivity contribution in [2.75, 3.05) is 42.7 Å². The first kappa shape index (κ1) is 20.2. The molecule has 1 aromatic carbocycles. The Morgan fingerprint density at radius 2 is 1.77 bits per heavy atom. The first-order valence-corrected chi connectivity index (χ1v) is 9.86. The third kappa shape index (κ3) is 4.94. The molecule has 1 aliphatic heterocycles. The van der Waals surface area contributed by atoms with Gasteiger partial charge >= 0.3 is 0 Å². The highest BCUT2D eigenvalue weighted by atomic mass is 35.5. The van der Waals surface area contributed by atoms with Gasteiger partial charge in [0.05, 0.1) is 16.8 Å². The van der Waals surface area contributed by atoms with E-state index in [1.807, 2.05) is 6.07 Å². The van der Waals surface area contributed by atoms with Gasteiger partial charge < -0.3 is 15.5 Å². The summed E-state index contributed by atoms with van der Waals surface area (Å²) in [5.41, 5.74) is 1.40. The summed E-state index contributed by atoms with van der Waals surface area (Å²) >= 11 is 0. The molecule has 0 saturated carbocycles. The van der Waals surface area contributed by atoms with E-state index in [1.165, 1.54) is 24.3 Å². The molecule has 140 valence electrons. The zero-order valence-corrected chi connectivity index (χ0v) is 15.9. The van der Waals surface area contributed by atoms with Crippen molar-refractivity contribution < 1.29 is 13.2 Å². The van der Waals surface area contributed by atoms with Crippen molar-refractivity contribution in [3.05, 3.63) is 48.2 Å². The van der Waals surface area contributed by atoms with Gasteiger partial charge in [0.1, 0.15) is 5.82 Å². The van der Waals surface area contributed by atoms with Crippen molar-refractivity contribution in [3.63, 3.8) is 0 Å². The van der Waals surface area contributed by atoms with Gasteiger partial charge in [-0.2, -0.15) is 0 Å². The lowest BCUT2D eigenvalue weighted by Crippen LogP contribution is -2.43. The minimum Gasteiger partial charge on any atom is -0.368 e. The van der Waals surface area contributed by atoms with Crippen LogP contribution in [0, 0.1) is 0 Å². The molecule has 7 nitrogen and oxygen atoms in total. The number of benzene rings is 1.